The molecule has 13 heteroatoms. The Hall–Kier alpha value is -4.26. The molecule has 1 aromatic carbocycles. The van der Waals surface area contributed by atoms with Crippen LogP contribution in [0.3, 0.4) is 0 Å². The number of aliphatic carboxylic acids is 2. The maximum Gasteiger partial charge on any atom is 0.326 e. The maximum atomic E-state index is 13.3. The lowest BCUT2D eigenvalue weighted by Crippen LogP contribution is -2.58. The normalized spacial score (nSPS) is 14.1. The molecule has 1 aromatic heterocycles. The number of aromatic amines is 1. The van der Waals surface area contributed by atoms with Crippen molar-refractivity contribution in [1.29, 1.82) is 0 Å². The molecule has 2 aromatic rings. The second-order valence-electron chi connectivity index (χ2n) is 9.33. The number of imidazole rings is 1. The van der Waals surface area contributed by atoms with Crippen LogP contribution < -0.4 is 21.7 Å². The van der Waals surface area contributed by atoms with E-state index in [9.17, 15) is 29.1 Å². The van der Waals surface area contributed by atoms with Gasteiger partial charge in [-0.1, -0.05) is 44.2 Å². The number of nitrogens with one attached hydrogen (secondary N) is 4. The van der Waals surface area contributed by atoms with Crippen LogP contribution >= 0.6 is 0 Å². The van der Waals surface area contributed by atoms with Crippen LogP contribution in [0.25, 0.3) is 0 Å². The summed E-state index contributed by atoms with van der Waals surface area (Å²) in [7, 11) is 0. The number of H-pyrrole nitrogens is 1. The Labute approximate surface area is 219 Å². The highest BCUT2D eigenvalue weighted by atomic mass is 16.4. The Morgan fingerprint density at radius 2 is 1.50 bits per heavy atom. The molecule has 0 aliphatic carbocycles. The van der Waals surface area contributed by atoms with E-state index in [2.05, 4.69) is 25.9 Å². The molecule has 38 heavy (non-hydrogen) atoms. The zero-order valence-corrected chi connectivity index (χ0v) is 21.2. The zero-order chi connectivity index (χ0) is 28.2. The van der Waals surface area contributed by atoms with Crippen LogP contribution in [-0.4, -0.2) is 74.0 Å². The Morgan fingerprint density at radius 1 is 0.895 bits per heavy atom. The number of hydrogen-bond acceptors (Lipinski definition) is 7. The summed E-state index contributed by atoms with van der Waals surface area (Å²) in [6.07, 6.45) is 2.35. The smallest absolute Gasteiger partial charge is 0.326 e. The van der Waals surface area contributed by atoms with Gasteiger partial charge in [0.25, 0.3) is 0 Å². The summed E-state index contributed by atoms with van der Waals surface area (Å²) in [5, 5.41) is 25.6. The quantitative estimate of drug-likeness (QED) is 0.159. The molecule has 4 atom stereocenters. The van der Waals surface area contributed by atoms with Crippen molar-refractivity contribution in [3.8, 4) is 0 Å². The molecule has 0 bridgehead atoms. The van der Waals surface area contributed by atoms with Gasteiger partial charge in [0.1, 0.15) is 18.1 Å². The van der Waals surface area contributed by atoms with Crippen molar-refractivity contribution in [2.24, 2.45) is 11.7 Å². The lowest BCUT2D eigenvalue weighted by atomic mass is 10.0. The predicted molar refractivity (Wildman–Crippen MR) is 136 cm³/mol. The van der Waals surface area contributed by atoms with Crippen LogP contribution in [0.1, 0.15) is 37.9 Å². The number of carbonyl (C=O) groups is 5. The molecule has 0 fully saturated rings. The number of carboxylic acids is 2. The minimum atomic E-state index is -1.71. The van der Waals surface area contributed by atoms with Gasteiger partial charge in [-0.3, -0.25) is 19.2 Å². The van der Waals surface area contributed by atoms with E-state index in [1.807, 2.05) is 44.2 Å². The van der Waals surface area contributed by atoms with E-state index >= 15 is 0 Å². The first-order valence-corrected chi connectivity index (χ1v) is 12.1. The van der Waals surface area contributed by atoms with Gasteiger partial charge in [-0.25, -0.2) is 9.78 Å². The van der Waals surface area contributed by atoms with Crippen LogP contribution in [0.5, 0.6) is 0 Å². The van der Waals surface area contributed by atoms with Crippen molar-refractivity contribution < 1.29 is 34.2 Å². The highest BCUT2D eigenvalue weighted by Gasteiger charge is 2.32. The average molecular weight is 531 g/mol. The third kappa shape index (κ3) is 10.0. The molecule has 8 N–H and O–H groups in total. The minimum Gasteiger partial charge on any atom is -0.481 e. The summed E-state index contributed by atoms with van der Waals surface area (Å²) < 4.78 is 0. The summed E-state index contributed by atoms with van der Waals surface area (Å²) in [6, 6.07) is 4.21. The first-order chi connectivity index (χ1) is 18.0. The van der Waals surface area contributed by atoms with Crippen molar-refractivity contribution >= 4 is 29.7 Å². The van der Waals surface area contributed by atoms with Crippen LogP contribution in [0, 0.1) is 5.92 Å². The number of aromatic nitrogens is 2. The third-order valence-corrected chi connectivity index (χ3v) is 5.58. The van der Waals surface area contributed by atoms with E-state index in [4.69, 9.17) is 10.8 Å². The van der Waals surface area contributed by atoms with E-state index in [1.54, 1.807) is 0 Å². The van der Waals surface area contributed by atoms with Gasteiger partial charge >= 0.3 is 11.9 Å². The SMILES string of the molecule is CC(C)CC(NC(=O)C(N)Cc1ccccc1)C(=O)NC(Cc1cnc[nH]1)C(=O)NC(CC(=O)O)C(=O)O. The zero-order valence-electron chi connectivity index (χ0n) is 21.2. The van der Waals surface area contributed by atoms with Crippen molar-refractivity contribution in [3.05, 3.63) is 54.1 Å². The number of benzene rings is 1. The Morgan fingerprint density at radius 3 is 2.05 bits per heavy atom. The molecule has 0 spiro atoms. The molecular weight excluding hydrogens is 496 g/mol. The monoisotopic (exact) mass is 530 g/mol. The van der Waals surface area contributed by atoms with Crippen molar-refractivity contribution in [2.75, 3.05) is 0 Å². The number of carbonyl (C=O) groups excluding carboxylic acids is 3. The van der Waals surface area contributed by atoms with E-state index in [0.717, 1.165) is 5.56 Å². The van der Waals surface area contributed by atoms with E-state index in [0.29, 0.717) is 5.69 Å². The Kier molecular flexibility index (Phi) is 11.4. The number of carboxylic acid groups (broad SMARTS) is 2. The first kappa shape index (κ1) is 30.0. The van der Waals surface area contributed by atoms with Gasteiger partial charge in [-0.2, -0.15) is 0 Å². The predicted octanol–water partition coefficient (Wildman–Crippen LogP) is -0.418. The van der Waals surface area contributed by atoms with Crippen molar-refractivity contribution in [1.82, 2.24) is 25.9 Å². The summed E-state index contributed by atoms with van der Waals surface area (Å²) in [4.78, 5) is 68.1. The fraction of sp³-hybridized carbons (Fsp3) is 0.440. The standard InChI is InChI=1S/C25H34N6O7/c1-14(2)8-18(29-22(34)17(26)9-15-6-4-3-5-7-15)23(35)30-19(10-16-12-27-13-28-16)24(36)31-20(25(37)38)11-21(32)33/h3-7,12-14,17-20H,8-11,26H2,1-2H3,(H,27,28)(H,29,34)(H,30,35)(H,31,36)(H,32,33)(H,37,38). The third-order valence-electron chi connectivity index (χ3n) is 5.58. The summed E-state index contributed by atoms with van der Waals surface area (Å²) >= 11 is 0. The van der Waals surface area contributed by atoms with Gasteiger partial charge in [0.05, 0.1) is 18.8 Å². The van der Waals surface area contributed by atoms with Gasteiger partial charge < -0.3 is 36.9 Å². The van der Waals surface area contributed by atoms with Gasteiger partial charge in [-0.15, -0.1) is 0 Å². The molecule has 0 aliphatic heterocycles. The fourth-order valence-electron chi connectivity index (χ4n) is 3.69. The lowest BCUT2D eigenvalue weighted by Gasteiger charge is -2.25. The summed E-state index contributed by atoms with van der Waals surface area (Å²) in [6.45, 7) is 3.71. The lowest BCUT2D eigenvalue weighted by molar-refractivity contribution is -0.147. The van der Waals surface area contributed by atoms with Crippen LogP contribution in [0.4, 0.5) is 0 Å². The van der Waals surface area contributed by atoms with Gasteiger partial charge in [0, 0.05) is 18.3 Å². The number of nitrogens with two attached hydrogens (primary N) is 1. The van der Waals surface area contributed by atoms with Gasteiger partial charge in [0.15, 0.2) is 0 Å². The average Bonchev–Trinajstić information content (AvgIpc) is 3.35. The van der Waals surface area contributed by atoms with Crippen molar-refractivity contribution in [2.45, 2.75) is 63.7 Å². The second kappa shape index (κ2) is 14.5. The van der Waals surface area contributed by atoms with E-state index in [-0.39, 0.29) is 25.2 Å². The molecule has 13 nitrogen and oxygen atoms in total. The summed E-state index contributed by atoms with van der Waals surface area (Å²) in [5.41, 5.74) is 7.38. The van der Waals surface area contributed by atoms with Crippen LogP contribution in [0.15, 0.2) is 42.9 Å². The molecular formula is C25H34N6O7. The molecule has 2 rings (SSSR count). The first-order valence-electron chi connectivity index (χ1n) is 12.1. The minimum absolute atomic E-state index is 0.0109. The molecule has 0 radical (unpaired) electrons. The number of amides is 3. The van der Waals surface area contributed by atoms with Crippen molar-refractivity contribution in [3.63, 3.8) is 0 Å². The molecule has 4 unspecified atom stereocenters. The summed E-state index contributed by atoms with van der Waals surface area (Å²) in [5.74, 6) is -5.09. The number of hydrogen-bond donors (Lipinski definition) is 7. The van der Waals surface area contributed by atoms with E-state index in [1.165, 1.54) is 12.5 Å². The maximum absolute atomic E-state index is 13.3. The number of nitrogens with zero attached hydrogens (tertiary/aromatic N) is 1. The number of rotatable bonds is 15. The second-order valence-corrected chi connectivity index (χ2v) is 9.33. The highest BCUT2D eigenvalue weighted by molar-refractivity contribution is 5.94. The Bertz CT molecular complexity index is 1090. The van der Waals surface area contributed by atoms with Crippen LogP contribution in [0.2, 0.25) is 0 Å². The molecule has 206 valence electrons. The highest BCUT2D eigenvalue weighted by Crippen LogP contribution is 2.09. The molecule has 0 aliphatic rings. The van der Waals surface area contributed by atoms with Gasteiger partial charge in [-0.05, 0) is 24.3 Å². The topological polar surface area (TPSA) is 217 Å². The van der Waals surface area contributed by atoms with Crippen LogP contribution in [-0.2, 0) is 36.8 Å². The molecule has 0 saturated heterocycles. The molecule has 3 amide bonds. The largest absolute Gasteiger partial charge is 0.481 e. The Balaban J connectivity index is 2.17. The molecule has 1 heterocycles. The molecule has 0 saturated carbocycles. The fourth-order valence-corrected chi connectivity index (χ4v) is 3.69. The van der Waals surface area contributed by atoms with E-state index < -0.39 is 60.2 Å². The van der Waals surface area contributed by atoms with Gasteiger partial charge in [0.2, 0.25) is 17.7 Å².